The number of hydrogen-bond donors (Lipinski definition) is 2. The first-order valence-electron chi connectivity index (χ1n) is 6.11. The smallest absolute Gasteiger partial charge is 0.262 e. The number of hydrogen-bond acceptors (Lipinski definition) is 3. The van der Waals surface area contributed by atoms with E-state index in [2.05, 4.69) is 4.72 Å². The van der Waals surface area contributed by atoms with Gasteiger partial charge in [-0.2, -0.15) is 0 Å². The molecule has 21 heavy (non-hydrogen) atoms. The molecule has 3 N–H and O–H groups in total. The fourth-order valence-corrected chi connectivity index (χ4v) is 4.00. The third-order valence-corrected chi connectivity index (χ3v) is 5.35. The van der Waals surface area contributed by atoms with E-state index in [1.165, 1.54) is 18.2 Å². The molecule has 0 fully saturated rings. The van der Waals surface area contributed by atoms with Crippen LogP contribution in [-0.4, -0.2) is 8.42 Å². The van der Waals surface area contributed by atoms with Gasteiger partial charge in [-0.15, -0.1) is 0 Å². The summed E-state index contributed by atoms with van der Waals surface area (Å²) in [7, 11) is -3.74. The molecule has 0 radical (unpaired) electrons. The number of nitrogens with one attached hydrogen (secondary N) is 1. The van der Waals surface area contributed by atoms with E-state index >= 15 is 0 Å². The van der Waals surface area contributed by atoms with Gasteiger partial charge in [-0.1, -0.05) is 12.1 Å². The van der Waals surface area contributed by atoms with Gasteiger partial charge in [0.05, 0.1) is 10.6 Å². The maximum absolute atomic E-state index is 13.1. The average molecular weight is 420 g/mol. The zero-order valence-corrected chi connectivity index (χ0v) is 14.2. The zero-order valence-electron chi connectivity index (χ0n) is 11.2. The fourth-order valence-electron chi connectivity index (χ4n) is 1.83. The van der Waals surface area contributed by atoms with Gasteiger partial charge in [0, 0.05) is 10.1 Å². The lowest BCUT2D eigenvalue weighted by atomic mass is 10.1. The number of benzene rings is 2. The highest BCUT2D eigenvalue weighted by Gasteiger charge is 2.18. The summed E-state index contributed by atoms with van der Waals surface area (Å²) in [6.07, 6.45) is 0. The standard InChI is InChI=1S/C14H14FIN2O2S/c1-9-2-3-10(8-17)6-14(9)21(19,20)18-13-5-4-11(15)7-12(13)16/h2-7,18H,8,17H2,1H3. The van der Waals surface area contributed by atoms with Crippen molar-refractivity contribution in [2.24, 2.45) is 5.73 Å². The van der Waals surface area contributed by atoms with E-state index in [0.29, 0.717) is 14.8 Å². The second kappa shape index (κ2) is 6.29. The van der Waals surface area contributed by atoms with E-state index in [1.54, 1.807) is 25.1 Å². The van der Waals surface area contributed by atoms with Crippen LogP contribution in [0.2, 0.25) is 0 Å². The molecule has 0 saturated carbocycles. The van der Waals surface area contributed by atoms with E-state index in [0.717, 1.165) is 5.56 Å². The summed E-state index contributed by atoms with van der Waals surface area (Å²) in [6.45, 7) is 1.97. The minimum atomic E-state index is -3.74. The summed E-state index contributed by atoms with van der Waals surface area (Å²) in [5.41, 5.74) is 7.24. The summed E-state index contributed by atoms with van der Waals surface area (Å²) in [5.74, 6) is -0.413. The second-order valence-corrected chi connectivity index (χ2v) is 7.35. The minimum absolute atomic E-state index is 0.172. The zero-order chi connectivity index (χ0) is 15.6. The molecule has 0 unspecified atom stereocenters. The lowest BCUT2D eigenvalue weighted by Gasteiger charge is -2.12. The van der Waals surface area contributed by atoms with E-state index < -0.39 is 15.8 Å². The van der Waals surface area contributed by atoms with Gasteiger partial charge in [0.25, 0.3) is 10.0 Å². The number of sulfonamides is 1. The number of nitrogens with two attached hydrogens (primary N) is 1. The van der Waals surface area contributed by atoms with Crippen LogP contribution in [0.3, 0.4) is 0 Å². The van der Waals surface area contributed by atoms with Crippen LogP contribution >= 0.6 is 22.6 Å². The predicted octanol–water partition coefficient (Wildman–Crippen LogP) is 3.00. The number of anilines is 1. The van der Waals surface area contributed by atoms with E-state index in [9.17, 15) is 12.8 Å². The summed E-state index contributed by atoms with van der Waals surface area (Å²) in [6, 6.07) is 8.93. The Morgan fingerprint density at radius 2 is 1.95 bits per heavy atom. The van der Waals surface area contributed by atoms with Gasteiger partial charge < -0.3 is 5.73 Å². The molecular weight excluding hydrogens is 406 g/mol. The van der Waals surface area contributed by atoms with Gasteiger partial charge in [0.15, 0.2) is 0 Å². The van der Waals surface area contributed by atoms with Crippen molar-refractivity contribution in [1.29, 1.82) is 0 Å². The molecule has 0 atom stereocenters. The Morgan fingerprint density at radius 3 is 2.57 bits per heavy atom. The largest absolute Gasteiger partial charge is 0.326 e. The van der Waals surface area contributed by atoms with Gasteiger partial charge in [0.1, 0.15) is 5.82 Å². The maximum atomic E-state index is 13.1. The molecule has 0 amide bonds. The van der Waals surface area contributed by atoms with E-state index in [4.69, 9.17) is 5.73 Å². The van der Waals surface area contributed by atoms with E-state index in [-0.39, 0.29) is 11.4 Å². The Labute approximate surface area is 136 Å². The van der Waals surface area contributed by atoms with Crippen molar-refractivity contribution >= 4 is 38.3 Å². The summed E-state index contributed by atoms with van der Waals surface area (Å²) in [5, 5.41) is 0. The van der Waals surface area contributed by atoms with Crippen molar-refractivity contribution in [2.45, 2.75) is 18.4 Å². The Bertz CT molecular complexity index is 779. The Kier molecular flexibility index (Phi) is 4.84. The maximum Gasteiger partial charge on any atom is 0.262 e. The van der Waals surface area contributed by atoms with Gasteiger partial charge in [-0.25, -0.2) is 12.8 Å². The van der Waals surface area contributed by atoms with Crippen LogP contribution in [0, 0.1) is 16.3 Å². The van der Waals surface area contributed by atoms with Crippen molar-refractivity contribution in [3.05, 3.63) is 56.9 Å². The minimum Gasteiger partial charge on any atom is -0.326 e. The number of aryl methyl sites for hydroxylation is 1. The molecule has 0 bridgehead atoms. The Balaban J connectivity index is 2.43. The van der Waals surface area contributed by atoms with Crippen molar-refractivity contribution in [3.63, 3.8) is 0 Å². The highest BCUT2D eigenvalue weighted by atomic mass is 127. The molecule has 7 heteroatoms. The molecule has 0 heterocycles. The topological polar surface area (TPSA) is 72.2 Å². The van der Waals surface area contributed by atoms with Gasteiger partial charge in [0.2, 0.25) is 0 Å². The fraction of sp³-hybridized carbons (Fsp3) is 0.143. The molecule has 112 valence electrons. The highest BCUT2D eigenvalue weighted by Crippen LogP contribution is 2.24. The Morgan fingerprint density at radius 1 is 1.24 bits per heavy atom. The molecule has 2 aromatic carbocycles. The lowest BCUT2D eigenvalue weighted by Crippen LogP contribution is -2.15. The van der Waals surface area contributed by atoms with Crippen LogP contribution < -0.4 is 10.5 Å². The average Bonchev–Trinajstić information content (AvgIpc) is 2.42. The predicted molar refractivity (Wildman–Crippen MR) is 89.0 cm³/mol. The number of rotatable bonds is 4. The van der Waals surface area contributed by atoms with Crippen LogP contribution in [0.15, 0.2) is 41.3 Å². The number of halogens is 2. The SMILES string of the molecule is Cc1ccc(CN)cc1S(=O)(=O)Nc1ccc(F)cc1I. The van der Waals surface area contributed by atoms with Gasteiger partial charge in [-0.05, 0) is 64.9 Å². The second-order valence-electron chi connectivity index (χ2n) is 4.53. The summed E-state index contributed by atoms with van der Waals surface area (Å²) < 4.78 is 41.0. The van der Waals surface area contributed by atoms with Crippen molar-refractivity contribution in [1.82, 2.24) is 0 Å². The normalized spacial score (nSPS) is 11.4. The summed E-state index contributed by atoms with van der Waals surface area (Å²) >= 11 is 1.88. The molecule has 0 saturated heterocycles. The molecule has 2 rings (SSSR count). The molecule has 2 aromatic rings. The van der Waals surface area contributed by atoms with Crippen LogP contribution in [0.1, 0.15) is 11.1 Å². The van der Waals surface area contributed by atoms with Crippen LogP contribution in [0.5, 0.6) is 0 Å². The highest BCUT2D eigenvalue weighted by molar-refractivity contribution is 14.1. The molecule has 0 spiro atoms. The molecular formula is C14H14FIN2O2S. The molecule has 0 aliphatic rings. The van der Waals surface area contributed by atoms with Crippen molar-refractivity contribution in [2.75, 3.05) is 4.72 Å². The first kappa shape index (κ1) is 16.2. The van der Waals surface area contributed by atoms with E-state index in [1.807, 2.05) is 22.6 Å². The van der Waals surface area contributed by atoms with Crippen molar-refractivity contribution < 1.29 is 12.8 Å². The third-order valence-electron chi connectivity index (χ3n) is 2.95. The summed E-state index contributed by atoms with van der Waals surface area (Å²) in [4.78, 5) is 0.172. The third kappa shape index (κ3) is 3.72. The molecule has 4 nitrogen and oxygen atoms in total. The first-order valence-corrected chi connectivity index (χ1v) is 8.67. The van der Waals surface area contributed by atoms with Gasteiger partial charge >= 0.3 is 0 Å². The lowest BCUT2D eigenvalue weighted by molar-refractivity contribution is 0.600. The molecule has 0 aliphatic carbocycles. The monoisotopic (exact) mass is 420 g/mol. The molecule has 0 aromatic heterocycles. The Hall–Kier alpha value is -1.19. The van der Waals surface area contributed by atoms with Crippen LogP contribution in [-0.2, 0) is 16.6 Å². The van der Waals surface area contributed by atoms with Crippen LogP contribution in [0.25, 0.3) is 0 Å². The quantitative estimate of drug-likeness (QED) is 0.748. The van der Waals surface area contributed by atoms with Gasteiger partial charge in [-0.3, -0.25) is 4.72 Å². The molecule has 0 aliphatic heterocycles. The van der Waals surface area contributed by atoms with Crippen molar-refractivity contribution in [3.8, 4) is 0 Å². The van der Waals surface area contributed by atoms with Crippen LogP contribution in [0.4, 0.5) is 10.1 Å². The first-order chi connectivity index (χ1) is 9.83.